The molecule has 6 N–H and O–H groups in total. The molecule has 11 nitrogen and oxygen atoms in total. The van der Waals surface area contributed by atoms with E-state index in [0.717, 1.165) is 70.6 Å². The molecule has 0 saturated carbocycles. The van der Waals surface area contributed by atoms with Crippen LogP contribution in [0.3, 0.4) is 0 Å². The second-order valence-corrected chi connectivity index (χ2v) is 22.8. The van der Waals surface area contributed by atoms with E-state index >= 15 is 0 Å². The average Bonchev–Trinajstić information content (AvgIpc) is 3.42. The van der Waals surface area contributed by atoms with Gasteiger partial charge in [-0.15, -0.1) is 0 Å². The van der Waals surface area contributed by atoms with Gasteiger partial charge in [0.1, 0.15) is 24.4 Å². The Morgan fingerprint density at radius 3 is 1.26 bits per heavy atom. The van der Waals surface area contributed by atoms with E-state index in [4.69, 9.17) is 14.2 Å². The van der Waals surface area contributed by atoms with Crippen LogP contribution in [0.1, 0.15) is 316 Å². The lowest BCUT2D eigenvalue weighted by Crippen LogP contribution is -2.60. The van der Waals surface area contributed by atoms with Crippen LogP contribution in [-0.4, -0.2) is 100 Å². The van der Waals surface area contributed by atoms with E-state index in [0.29, 0.717) is 19.4 Å². The van der Waals surface area contributed by atoms with Crippen molar-refractivity contribution in [2.45, 2.75) is 358 Å². The van der Waals surface area contributed by atoms with E-state index in [1.807, 2.05) is 6.08 Å². The molecule has 0 bridgehead atoms. The highest BCUT2D eigenvalue weighted by Gasteiger charge is 2.44. The van der Waals surface area contributed by atoms with Crippen LogP contribution in [0, 0.1) is 0 Å². The fourth-order valence-electron chi connectivity index (χ4n) is 10.4. The van der Waals surface area contributed by atoms with E-state index in [-0.39, 0.29) is 18.5 Å². The summed E-state index contributed by atoms with van der Waals surface area (Å²) >= 11 is 0. The largest absolute Gasteiger partial charge is 0.466 e. The summed E-state index contributed by atoms with van der Waals surface area (Å²) in [6.07, 6.45) is 57.0. The van der Waals surface area contributed by atoms with Gasteiger partial charge in [-0.1, -0.05) is 269 Å². The minimum Gasteiger partial charge on any atom is -0.466 e. The Balaban J connectivity index is 2.08. The smallest absolute Gasteiger partial charge is 0.305 e. The van der Waals surface area contributed by atoms with Crippen molar-refractivity contribution in [3.8, 4) is 0 Å². The highest BCUT2D eigenvalue weighted by atomic mass is 16.7. The monoisotopic (exact) mass is 1080 g/mol. The SMILES string of the molecule is CCCCCCCCCCCCCCC/C=C/C(O)C(COC1OC(CO)C(O)C(O)C1O)NC(=O)CCCCCCCCC/C=C\CCCCCCCCCCCCCOC(=O)CCCCCCCCCCCCC. The molecule has 1 rings (SSSR count). The van der Waals surface area contributed by atoms with Crippen molar-refractivity contribution in [1.29, 1.82) is 0 Å². The predicted octanol–water partition coefficient (Wildman–Crippen LogP) is 15.7. The summed E-state index contributed by atoms with van der Waals surface area (Å²) in [5.74, 6) is -0.189. The highest BCUT2D eigenvalue weighted by Crippen LogP contribution is 2.23. The van der Waals surface area contributed by atoms with Crippen molar-refractivity contribution in [3.05, 3.63) is 24.3 Å². The van der Waals surface area contributed by atoms with Crippen LogP contribution in [0.5, 0.6) is 0 Å². The molecule has 1 aliphatic heterocycles. The Hall–Kier alpha value is -1.86. The number of aliphatic hydroxyl groups excluding tert-OH is 5. The zero-order valence-electron chi connectivity index (χ0n) is 49.5. The minimum atomic E-state index is -1.57. The van der Waals surface area contributed by atoms with E-state index in [9.17, 15) is 35.1 Å². The molecule has 0 aromatic heterocycles. The maximum atomic E-state index is 13.1. The van der Waals surface area contributed by atoms with Gasteiger partial charge in [0.05, 0.1) is 32.0 Å². The molecule has 7 unspecified atom stereocenters. The number of amides is 1. The number of ether oxygens (including phenoxy) is 3. The van der Waals surface area contributed by atoms with Crippen molar-refractivity contribution >= 4 is 11.9 Å². The number of nitrogens with one attached hydrogen (secondary N) is 1. The Morgan fingerprint density at radius 1 is 0.474 bits per heavy atom. The molecule has 0 radical (unpaired) electrons. The molecule has 1 heterocycles. The molecular formula is C65H123NO10. The summed E-state index contributed by atoms with van der Waals surface area (Å²) in [5.41, 5.74) is 0. The van der Waals surface area contributed by atoms with E-state index in [1.54, 1.807) is 6.08 Å². The molecule has 11 heteroatoms. The third-order valence-corrected chi connectivity index (χ3v) is 15.6. The summed E-state index contributed by atoms with van der Waals surface area (Å²) in [6, 6.07) is -0.815. The Kier molecular flexibility index (Phi) is 52.3. The fourth-order valence-corrected chi connectivity index (χ4v) is 10.4. The maximum Gasteiger partial charge on any atom is 0.305 e. The summed E-state index contributed by atoms with van der Waals surface area (Å²) < 4.78 is 16.7. The van der Waals surface area contributed by atoms with Crippen molar-refractivity contribution in [2.75, 3.05) is 19.8 Å². The number of unbranched alkanes of at least 4 members (excludes halogenated alkanes) is 41. The standard InChI is InChI=1S/C65H123NO10/c1-3-5-7-9-11-13-15-16-25-28-32-35-39-43-47-51-58(68)57(56-75-65-64(73)63(72)62(71)59(55-67)76-65)66-60(69)52-48-44-40-36-33-29-26-23-21-19-17-18-20-22-24-27-30-34-38-42-46-50-54-74-61(70)53-49-45-41-37-31-14-12-10-8-6-4-2/h19,21,47,51,57-59,62-65,67-68,71-73H,3-18,20,22-46,48-50,52-56H2,1-2H3,(H,66,69)/b21-19-,51-47+. The van der Waals surface area contributed by atoms with Crippen molar-refractivity contribution in [1.82, 2.24) is 5.32 Å². The molecule has 1 fully saturated rings. The second-order valence-electron chi connectivity index (χ2n) is 22.8. The number of esters is 1. The normalized spacial score (nSPS) is 18.8. The topological polar surface area (TPSA) is 175 Å². The molecule has 1 amide bonds. The van der Waals surface area contributed by atoms with Gasteiger partial charge in [0.25, 0.3) is 0 Å². The maximum absolute atomic E-state index is 13.1. The quantitative estimate of drug-likeness (QED) is 0.0195. The van der Waals surface area contributed by atoms with Crippen LogP contribution in [0.2, 0.25) is 0 Å². The first kappa shape index (κ1) is 72.2. The number of hydrogen-bond donors (Lipinski definition) is 6. The van der Waals surface area contributed by atoms with Crippen LogP contribution in [-0.2, 0) is 23.8 Å². The fraction of sp³-hybridized carbons (Fsp3) is 0.908. The first-order valence-electron chi connectivity index (χ1n) is 32.6. The van der Waals surface area contributed by atoms with Gasteiger partial charge in [0.2, 0.25) is 5.91 Å². The van der Waals surface area contributed by atoms with Crippen LogP contribution in [0.25, 0.3) is 0 Å². The minimum absolute atomic E-state index is 0.00235. The molecule has 7 atom stereocenters. The van der Waals surface area contributed by atoms with Crippen molar-refractivity contribution in [2.24, 2.45) is 0 Å². The van der Waals surface area contributed by atoms with Crippen LogP contribution in [0.15, 0.2) is 24.3 Å². The number of rotatable bonds is 57. The molecule has 1 aliphatic rings. The number of allylic oxidation sites excluding steroid dienone is 3. The lowest BCUT2D eigenvalue weighted by atomic mass is 9.99. The van der Waals surface area contributed by atoms with Crippen molar-refractivity contribution < 1.29 is 49.3 Å². The van der Waals surface area contributed by atoms with Gasteiger partial charge in [0.15, 0.2) is 6.29 Å². The molecule has 0 aromatic carbocycles. The second kappa shape index (κ2) is 55.1. The Labute approximate surface area is 467 Å². The van der Waals surface area contributed by atoms with Gasteiger partial charge < -0.3 is 45.1 Å². The average molecular weight is 1080 g/mol. The zero-order chi connectivity index (χ0) is 55.2. The summed E-state index contributed by atoms with van der Waals surface area (Å²) in [5, 5.41) is 54.5. The van der Waals surface area contributed by atoms with Crippen LogP contribution >= 0.6 is 0 Å². The summed E-state index contributed by atoms with van der Waals surface area (Å²) in [4.78, 5) is 25.1. The van der Waals surface area contributed by atoms with E-state index in [1.165, 1.54) is 218 Å². The predicted molar refractivity (Wildman–Crippen MR) is 315 cm³/mol. The number of carbonyl (C=O) groups is 2. The lowest BCUT2D eigenvalue weighted by molar-refractivity contribution is -0.302. The summed E-state index contributed by atoms with van der Waals surface area (Å²) in [6.45, 7) is 4.36. The van der Waals surface area contributed by atoms with Crippen molar-refractivity contribution in [3.63, 3.8) is 0 Å². The summed E-state index contributed by atoms with van der Waals surface area (Å²) in [7, 11) is 0. The lowest BCUT2D eigenvalue weighted by Gasteiger charge is -2.40. The Bertz CT molecular complexity index is 1310. The first-order chi connectivity index (χ1) is 37.2. The number of hydrogen-bond acceptors (Lipinski definition) is 10. The van der Waals surface area contributed by atoms with Gasteiger partial charge >= 0.3 is 5.97 Å². The third-order valence-electron chi connectivity index (χ3n) is 15.6. The van der Waals surface area contributed by atoms with E-state index in [2.05, 4.69) is 31.3 Å². The van der Waals surface area contributed by atoms with Gasteiger partial charge in [-0.05, 0) is 57.8 Å². The molecule has 448 valence electrons. The molecule has 0 aliphatic carbocycles. The van der Waals surface area contributed by atoms with Gasteiger partial charge in [0, 0.05) is 12.8 Å². The zero-order valence-corrected chi connectivity index (χ0v) is 49.5. The molecule has 0 spiro atoms. The highest BCUT2D eigenvalue weighted by molar-refractivity contribution is 5.76. The molecule has 1 saturated heterocycles. The number of carbonyl (C=O) groups excluding carboxylic acids is 2. The molecular weight excluding hydrogens is 955 g/mol. The van der Waals surface area contributed by atoms with Gasteiger partial charge in [-0.2, -0.15) is 0 Å². The van der Waals surface area contributed by atoms with Crippen LogP contribution < -0.4 is 5.32 Å². The van der Waals surface area contributed by atoms with Crippen LogP contribution in [0.4, 0.5) is 0 Å². The number of aliphatic hydroxyl groups is 5. The molecule has 0 aromatic rings. The van der Waals surface area contributed by atoms with Gasteiger partial charge in [-0.25, -0.2) is 0 Å². The Morgan fingerprint density at radius 2 is 0.842 bits per heavy atom. The first-order valence-corrected chi connectivity index (χ1v) is 32.6. The molecule has 76 heavy (non-hydrogen) atoms. The van der Waals surface area contributed by atoms with E-state index < -0.39 is 49.5 Å². The van der Waals surface area contributed by atoms with Gasteiger partial charge in [-0.3, -0.25) is 9.59 Å². The third kappa shape index (κ3) is 44.0.